The van der Waals surface area contributed by atoms with Crippen molar-refractivity contribution in [3.05, 3.63) is 45.5 Å². The zero-order valence-corrected chi connectivity index (χ0v) is 13.3. The second-order valence-electron chi connectivity index (χ2n) is 5.25. The summed E-state index contributed by atoms with van der Waals surface area (Å²) in [6.07, 6.45) is 0. The van der Waals surface area contributed by atoms with Gasteiger partial charge in [-0.2, -0.15) is 5.10 Å². The van der Waals surface area contributed by atoms with Crippen LogP contribution in [0.3, 0.4) is 0 Å². The van der Waals surface area contributed by atoms with E-state index >= 15 is 0 Å². The van der Waals surface area contributed by atoms with E-state index in [1.807, 2.05) is 19.2 Å². The van der Waals surface area contributed by atoms with Crippen molar-refractivity contribution in [3.63, 3.8) is 0 Å². The number of halogens is 1. The van der Waals surface area contributed by atoms with Crippen molar-refractivity contribution in [1.29, 1.82) is 0 Å². The molecule has 114 valence electrons. The third-order valence-corrected chi connectivity index (χ3v) is 4.69. The molecule has 4 nitrogen and oxygen atoms in total. The number of aryl methyl sites for hydroxylation is 3. The minimum absolute atomic E-state index is 0.123. The second-order valence-corrected chi connectivity index (χ2v) is 6.33. The Bertz CT molecular complexity index is 847. The van der Waals surface area contributed by atoms with Gasteiger partial charge in [0.25, 0.3) is 0 Å². The number of hydrogen-bond donors (Lipinski definition) is 2. The van der Waals surface area contributed by atoms with E-state index in [1.54, 1.807) is 18.3 Å². The maximum Gasteiger partial charge on any atom is 0.152 e. The van der Waals surface area contributed by atoms with E-state index in [0.29, 0.717) is 17.1 Å². The molecule has 2 aromatic heterocycles. The summed E-state index contributed by atoms with van der Waals surface area (Å²) < 4.78 is 15.8. The Morgan fingerprint density at radius 3 is 2.59 bits per heavy atom. The first-order valence-corrected chi connectivity index (χ1v) is 7.67. The van der Waals surface area contributed by atoms with Crippen LogP contribution in [0.4, 0.5) is 10.1 Å². The van der Waals surface area contributed by atoms with Gasteiger partial charge >= 0.3 is 0 Å². The summed E-state index contributed by atoms with van der Waals surface area (Å²) in [4.78, 5) is 1.10. The van der Waals surface area contributed by atoms with E-state index in [9.17, 15) is 9.50 Å². The monoisotopic (exact) mass is 317 g/mol. The van der Waals surface area contributed by atoms with Crippen LogP contribution in [0.15, 0.2) is 23.6 Å². The lowest BCUT2D eigenvalue weighted by atomic mass is 10.1. The van der Waals surface area contributed by atoms with E-state index in [4.69, 9.17) is 5.73 Å². The Labute approximate surface area is 131 Å². The second kappa shape index (κ2) is 5.14. The van der Waals surface area contributed by atoms with E-state index in [2.05, 4.69) is 5.10 Å². The van der Waals surface area contributed by atoms with Crippen LogP contribution in [-0.2, 0) is 0 Å². The highest BCUT2D eigenvalue weighted by Crippen LogP contribution is 2.38. The lowest BCUT2D eigenvalue weighted by Gasteiger charge is -2.10. The van der Waals surface area contributed by atoms with Crippen LogP contribution in [0.5, 0.6) is 5.75 Å². The average Bonchev–Trinajstić information content (AvgIpc) is 2.91. The lowest BCUT2D eigenvalue weighted by Crippen LogP contribution is -2.03. The van der Waals surface area contributed by atoms with Gasteiger partial charge in [-0.25, -0.2) is 9.07 Å². The summed E-state index contributed by atoms with van der Waals surface area (Å²) in [6.45, 7) is 5.80. The van der Waals surface area contributed by atoms with Gasteiger partial charge in [-0.1, -0.05) is 0 Å². The van der Waals surface area contributed by atoms with Crippen LogP contribution in [0.2, 0.25) is 0 Å². The van der Waals surface area contributed by atoms with Gasteiger partial charge in [0.2, 0.25) is 0 Å². The topological polar surface area (TPSA) is 64.1 Å². The van der Waals surface area contributed by atoms with Crippen molar-refractivity contribution in [2.24, 2.45) is 0 Å². The Hall–Kier alpha value is -2.34. The van der Waals surface area contributed by atoms with Crippen LogP contribution < -0.4 is 5.73 Å². The smallest absolute Gasteiger partial charge is 0.152 e. The quantitative estimate of drug-likeness (QED) is 0.752. The first kappa shape index (κ1) is 14.6. The molecule has 0 saturated heterocycles. The number of aromatic nitrogens is 2. The highest BCUT2D eigenvalue weighted by molar-refractivity contribution is 7.10. The van der Waals surface area contributed by atoms with Crippen molar-refractivity contribution in [2.75, 3.05) is 5.73 Å². The Kier molecular flexibility index (Phi) is 3.41. The molecule has 0 unspecified atom stereocenters. The predicted octanol–water partition coefficient (Wildman–Crippen LogP) is 3.95. The third-order valence-electron chi connectivity index (χ3n) is 3.66. The molecule has 22 heavy (non-hydrogen) atoms. The number of phenols is 1. The van der Waals surface area contributed by atoms with Gasteiger partial charge in [0.1, 0.15) is 11.4 Å². The summed E-state index contributed by atoms with van der Waals surface area (Å²) in [7, 11) is 0. The van der Waals surface area contributed by atoms with Gasteiger partial charge < -0.3 is 10.8 Å². The minimum Gasteiger partial charge on any atom is -0.508 e. The molecule has 3 aromatic rings. The molecule has 3 rings (SSSR count). The van der Waals surface area contributed by atoms with Crippen LogP contribution in [0.25, 0.3) is 16.9 Å². The van der Waals surface area contributed by atoms with Gasteiger partial charge in [0.15, 0.2) is 5.82 Å². The summed E-state index contributed by atoms with van der Waals surface area (Å²) >= 11 is 1.62. The first-order valence-electron chi connectivity index (χ1n) is 6.79. The van der Waals surface area contributed by atoms with Crippen molar-refractivity contribution >= 4 is 17.0 Å². The highest BCUT2D eigenvalue weighted by Gasteiger charge is 2.21. The molecule has 0 radical (unpaired) electrons. The van der Waals surface area contributed by atoms with Gasteiger partial charge in [-0.05, 0) is 43.8 Å². The summed E-state index contributed by atoms with van der Waals surface area (Å²) in [5.74, 6) is -0.670. The summed E-state index contributed by atoms with van der Waals surface area (Å²) in [5.41, 5.74) is 10.4. The molecule has 3 N–H and O–H groups in total. The predicted molar refractivity (Wildman–Crippen MR) is 87.1 cm³/mol. The number of anilines is 1. The molecule has 2 heterocycles. The van der Waals surface area contributed by atoms with Crippen molar-refractivity contribution in [3.8, 4) is 22.7 Å². The SMILES string of the molecule is Cc1csc(C)c1-c1c(N)c(C)nn1-c1ccc(O)cc1F. The fraction of sp³-hybridized carbons (Fsp3) is 0.188. The number of thiophene rings is 1. The fourth-order valence-electron chi connectivity index (χ4n) is 2.55. The molecular formula is C16H16FN3OS. The molecule has 0 aliphatic heterocycles. The largest absolute Gasteiger partial charge is 0.508 e. The minimum atomic E-state index is -0.547. The molecule has 0 bridgehead atoms. The Morgan fingerprint density at radius 1 is 1.27 bits per heavy atom. The van der Waals surface area contributed by atoms with Gasteiger partial charge in [0, 0.05) is 16.5 Å². The maximum atomic E-state index is 14.2. The first-order chi connectivity index (χ1) is 10.4. The van der Waals surface area contributed by atoms with E-state index < -0.39 is 5.82 Å². The van der Waals surface area contributed by atoms with Crippen LogP contribution in [0, 0.1) is 26.6 Å². The number of aromatic hydroxyl groups is 1. The lowest BCUT2D eigenvalue weighted by molar-refractivity contribution is 0.468. The zero-order valence-electron chi connectivity index (χ0n) is 12.5. The molecule has 0 amide bonds. The number of rotatable bonds is 2. The third kappa shape index (κ3) is 2.16. The summed E-state index contributed by atoms with van der Waals surface area (Å²) in [6, 6.07) is 4.00. The number of benzene rings is 1. The van der Waals surface area contributed by atoms with E-state index in [0.717, 1.165) is 22.1 Å². The van der Waals surface area contributed by atoms with Gasteiger partial charge in [-0.15, -0.1) is 11.3 Å². The zero-order chi connectivity index (χ0) is 16.0. The van der Waals surface area contributed by atoms with E-state index in [1.165, 1.54) is 16.8 Å². The average molecular weight is 317 g/mol. The van der Waals surface area contributed by atoms with Crippen molar-refractivity contribution in [1.82, 2.24) is 9.78 Å². The number of hydrogen-bond acceptors (Lipinski definition) is 4. The number of nitrogen functional groups attached to an aromatic ring is 1. The molecular weight excluding hydrogens is 301 g/mol. The molecule has 0 spiro atoms. The fourth-order valence-corrected chi connectivity index (χ4v) is 3.39. The van der Waals surface area contributed by atoms with Crippen molar-refractivity contribution < 1.29 is 9.50 Å². The van der Waals surface area contributed by atoms with Gasteiger partial charge in [0.05, 0.1) is 17.1 Å². The summed E-state index contributed by atoms with van der Waals surface area (Å²) in [5, 5.41) is 15.8. The number of nitrogens with two attached hydrogens (primary N) is 1. The molecule has 0 saturated carbocycles. The Balaban J connectivity index is 2.33. The molecule has 0 aliphatic rings. The number of nitrogens with zero attached hydrogens (tertiary/aromatic N) is 2. The molecule has 0 aliphatic carbocycles. The van der Waals surface area contributed by atoms with Crippen LogP contribution in [-0.4, -0.2) is 14.9 Å². The molecule has 6 heteroatoms. The maximum absolute atomic E-state index is 14.2. The molecule has 1 aromatic carbocycles. The normalized spacial score (nSPS) is 11.1. The molecule has 0 atom stereocenters. The highest BCUT2D eigenvalue weighted by atomic mass is 32.1. The van der Waals surface area contributed by atoms with Crippen LogP contribution in [0.1, 0.15) is 16.1 Å². The van der Waals surface area contributed by atoms with E-state index in [-0.39, 0.29) is 11.4 Å². The van der Waals surface area contributed by atoms with Crippen LogP contribution >= 0.6 is 11.3 Å². The van der Waals surface area contributed by atoms with Gasteiger partial charge in [-0.3, -0.25) is 0 Å². The standard InChI is InChI=1S/C16H16FN3OS/c1-8-7-22-10(3)14(8)16-15(18)9(2)19-20(16)13-5-4-11(21)6-12(13)17/h4-7,21H,18H2,1-3H3. The van der Waals surface area contributed by atoms with Crippen molar-refractivity contribution in [2.45, 2.75) is 20.8 Å². The molecule has 0 fully saturated rings. The Morgan fingerprint density at radius 2 is 2.00 bits per heavy atom. The number of phenolic OH excluding ortho intramolecular Hbond substituents is 1.